The molecule has 1 aromatic carbocycles. The van der Waals surface area contributed by atoms with Crippen LogP contribution >= 0.6 is 0 Å². The highest BCUT2D eigenvalue weighted by molar-refractivity contribution is 5.73. The number of phenolic OH excluding ortho intramolecular Hbond substituents is 1. The number of hydrogen-bond acceptors (Lipinski definition) is 2. The number of amides is 1. The molecule has 0 unspecified atom stereocenters. The number of carbonyl (C=O) groups is 1. The fourth-order valence-electron chi connectivity index (χ4n) is 2.28. The molecule has 1 aliphatic rings. The van der Waals surface area contributed by atoms with Gasteiger partial charge in [0.1, 0.15) is 5.75 Å². The number of likely N-dealkylation sites (tertiary alicyclic amines) is 1. The minimum Gasteiger partial charge on any atom is -0.508 e. The van der Waals surface area contributed by atoms with Crippen molar-refractivity contribution >= 4 is 5.91 Å². The third-order valence-electron chi connectivity index (χ3n) is 3.23. The summed E-state index contributed by atoms with van der Waals surface area (Å²) in [6.07, 6.45) is 2.18. The predicted octanol–water partition coefficient (Wildman–Crippen LogP) is 2.12. The molecule has 1 fully saturated rings. The summed E-state index contributed by atoms with van der Waals surface area (Å²) in [6.45, 7) is 3.31. The van der Waals surface area contributed by atoms with Crippen molar-refractivity contribution in [2.24, 2.45) is 0 Å². The van der Waals surface area contributed by atoms with Gasteiger partial charge in [0, 0.05) is 25.9 Å². The first-order valence-corrected chi connectivity index (χ1v) is 5.71. The molecule has 0 bridgehead atoms. The number of aromatic hydroxyl groups is 1. The van der Waals surface area contributed by atoms with Crippen molar-refractivity contribution in [1.29, 1.82) is 0 Å². The van der Waals surface area contributed by atoms with E-state index in [0.29, 0.717) is 11.7 Å². The molecule has 0 saturated carbocycles. The Bertz CT molecular complexity index is 372. The van der Waals surface area contributed by atoms with Gasteiger partial charge in [-0.25, -0.2) is 0 Å². The SMILES string of the molecule is CC(=O)N1CCC[C@H](c2ccc(O)cc2)C1. The Morgan fingerprint density at radius 3 is 2.69 bits per heavy atom. The summed E-state index contributed by atoms with van der Waals surface area (Å²) in [5.41, 5.74) is 1.21. The summed E-state index contributed by atoms with van der Waals surface area (Å²) < 4.78 is 0. The van der Waals surface area contributed by atoms with Crippen molar-refractivity contribution in [2.45, 2.75) is 25.7 Å². The van der Waals surface area contributed by atoms with E-state index in [9.17, 15) is 9.90 Å². The summed E-state index contributed by atoms with van der Waals surface area (Å²) in [6, 6.07) is 7.32. The predicted molar refractivity (Wildman–Crippen MR) is 62.3 cm³/mol. The zero-order valence-corrected chi connectivity index (χ0v) is 9.52. The van der Waals surface area contributed by atoms with Crippen LogP contribution in [-0.2, 0) is 4.79 Å². The van der Waals surface area contributed by atoms with Crippen molar-refractivity contribution in [1.82, 2.24) is 4.90 Å². The van der Waals surface area contributed by atoms with Gasteiger partial charge in [0.15, 0.2) is 0 Å². The van der Waals surface area contributed by atoms with Crippen LogP contribution in [0.25, 0.3) is 0 Å². The number of benzene rings is 1. The first-order valence-electron chi connectivity index (χ1n) is 5.71. The highest BCUT2D eigenvalue weighted by atomic mass is 16.3. The van der Waals surface area contributed by atoms with Gasteiger partial charge >= 0.3 is 0 Å². The standard InChI is InChI=1S/C13H17NO2/c1-10(15)14-8-2-3-12(9-14)11-4-6-13(16)7-5-11/h4-7,12,16H,2-3,8-9H2,1H3/t12-/m0/s1. The molecule has 3 nitrogen and oxygen atoms in total. The Balaban J connectivity index is 2.09. The lowest BCUT2D eigenvalue weighted by atomic mass is 9.90. The molecule has 1 aromatic rings. The minimum atomic E-state index is 0.156. The Labute approximate surface area is 95.7 Å². The first-order chi connectivity index (χ1) is 7.66. The van der Waals surface area contributed by atoms with Gasteiger partial charge in [0.2, 0.25) is 5.91 Å². The zero-order valence-electron chi connectivity index (χ0n) is 9.52. The van der Waals surface area contributed by atoms with E-state index in [1.54, 1.807) is 19.1 Å². The van der Waals surface area contributed by atoms with Crippen LogP contribution in [0.4, 0.5) is 0 Å². The summed E-state index contributed by atoms with van der Waals surface area (Å²) in [4.78, 5) is 13.2. The number of rotatable bonds is 1. The molecule has 1 saturated heterocycles. The van der Waals surface area contributed by atoms with Gasteiger partial charge in [-0.05, 0) is 30.5 Å². The van der Waals surface area contributed by atoms with Gasteiger partial charge in [0.05, 0.1) is 0 Å². The van der Waals surface area contributed by atoms with Crippen molar-refractivity contribution in [3.8, 4) is 5.75 Å². The van der Waals surface area contributed by atoms with E-state index in [0.717, 1.165) is 25.9 Å². The molecule has 86 valence electrons. The van der Waals surface area contributed by atoms with Gasteiger partial charge < -0.3 is 10.0 Å². The Morgan fingerprint density at radius 2 is 2.06 bits per heavy atom. The van der Waals surface area contributed by atoms with Gasteiger partial charge in [-0.1, -0.05) is 12.1 Å². The second-order valence-corrected chi connectivity index (χ2v) is 4.40. The second kappa shape index (κ2) is 4.56. The highest BCUT2D eigenvalue weighted by Crippen LogP contribution is 2.27. The molecule has 1 aliphatic heterocycles. The van der Waals surface area contributed by atoms with E-state index in [1.807, 2.05) is 17.0 Å². The van der Waals surface area contributed by atoms with Gasteiger partial charge in [-0.15, -0.1) is 0 Å². The smallest absolute Gasteiger partial charge is 0.219 e. The largest absolute Gasteiger partial charge is 0.508 e. The summed E-state index contributed by atoms with van der Waals surface area (Å²) in [5, 5.41) is 9.23. The van der Waals surface area contributed by atoms with E-state index < -0.39 is 0 Å². The molecule has 0 aromatic heterocycles. The maximum Gasteiger partial charge on any atom is 0.219 e. The van der Waals surface area contributed by atoms with Crippen molar-refractivity contribution in [3.63, 3.8) is 0 Å². The molecule has 0 aliphatic carbocycles. The fraction of sp³-hybridized carbons (Fsp3) is 0.462. The van der Waals surface area contributed by atoms with E-state index in [2.05, 4.69) is 0 Å². The second-order valence-electron chi connectivity index (χ2n) is 4.40. The Kier molecular flexibility index (Phi) is 3.13. The number of carbonyl (C=O) groups excluding carboxylic acids is 1. The topological polar surface area (TPSA) is 40.5 Å². The van der Waals surface area contributed by atoms with Crippen LogP contribution in [0.5, 0.6) is 5.75 Å². The summed E-state index contributed by atoms with van der Waals surface area (Å²) in [5.74, 6) is 0.865. The lowest BCUT2D eigenvalue weighted by Crippen LogP contribution is -2.37. The zero-order chi connectivity index (χ0) is 11.5. The number of nitrogens with zero attached hydrogens (tertiary/aromatic N) is 1. The molecule has 1 N–H and O–H groups in total. The molecule has 1 amide bonds. The maximum atomic E-state index is 11.3. The summed E-state index contributed by atoms with van der Waals surface area (Å²) in [7, 11) is 0. The molecule has 3 heteroatoms. The molecular formula is C13H17NO2. The van der Waals surface area contributed by atoms with Gasteiger partial charge in [0.25, 0.3) is 0 Å². The molecule has 16 heavy (non-hydrogen) atoms. The van der Waals surface area contributed by atoms with E-state index in [1.165, 1.54) is 5.56 Å². The van der Waals surface area contributed by atoms with Crippen LogP contribution in [0, 0.1) is 0 Å². The lowest BCUT2D eigenvalue weighted by Gasteiger charge is -2.32. The molecule has 0 radical (unpaired) electrons. The van der Waals surface area contributed by atoms with Crippen LogP contribution in [0.3, 0.4) is 0 Å². The van der Waals surface area contributed by atoms with Gasteiger partial charge in [-0.2, -0.15) is 0 Å². The third kappa shape index (κ3) is 2.35. The first kappa shape index (κ1) is 11.0. The van der Waals surface area contributed by atoms with Crippen LogP contribution in [0.2, 0.25) is 0 Å². The summed E-state index contributed by atoms with van der Waals surface area (Å²) >= 11 is 0. The maximum absolute atomic E-state index is 11.3. The van der Waals surface area contributed by atoms with Crippen molar-refractivity contribution in [2.75, 3.05) is 13.1 Å². The quantitative estimate of drug-likeness (QED) is 0.786. The van der Waals surface area contributed by atoms with Crippen molar-refractivity contribution in [3.05, 3.63) is 29.8 Å². The molecule has 0 spiro atoms. The average Bonchev–Trinajstić information content (AvgIpc) is 2.30. The third-order valence-corrected chi connectivity index (χ3v) is 3.23. The van der Waals surface area contributed by atoms with E-state index in [4.69, 9.17) is 0 Å². The normalized spacial score (nSPS) is 20.8. The Hall–Kier alpha value is -1.51. The van der Waals surface area contributed by atoms with E-state index in [-0.39, 0.29) is 5.91 Å². The molecule has 1 heterocycles. The number of phenols is 1. The molecular weight excluding hydrogens is 202 g/mol. The van der Waals surface area contributed by atoms with Crippen molar-refractivity contribution < 1.29 is 9.90 Å². The highest BCUT2D eigenvalue weighted by Gasteiger charge is 2.22. The van der Waals surface area contributed by atoms with Crippen LogP contribution < -0.4 is 0 Å². The molecule has 2 rings (SSSR count). The fourth-order valence-corrected chi connectivity index (χ4v) is 2.28. The number of piperidine rings is 1. The Morgan fingerprint density at radius 1 is 1.38 bits per heavy atom. The van der Waals surface area contributed by atoms with Crippen LogP contribution in [0.15, 0.2) is 24.3 Å². The monoisotopic (exact) mass is 219 g/mol. The van der Waals surface area contributed by atoms with Crippen LogP contribution in [0.1, 0.15) is 31.2 Å². The molecule has 1 atom stereocenters. The minimum absolute atomic E-state index is 0.156. The van der Waals surface area contributed by atoms with E-state index >= 15 is 0 Å². The average molecular weight is 219 g/mol. The van der Waals surface area contributed by atoms with Crippen LogP contribution in [-0.4, -0.2) is 29.0 Å². The lowest BCUT2D eigenvalue weighted by molar-refractivity contribution is -0.130. The number of hydrogen-bond donors (Lipinski definition) is 1. The van der Waals surface area contributed by atoms with Gasteiger partial charge in [-0.3, -0.25) is 4.79 Å².